The van der Waals surface area contributed by atoms with E-state index >= 15 is 0 Å². The SMILES string of the molecule is CCNCc1cnc(C)cc1N1CCC(CC)CC1. The van der Waals surface area contributed by atoms with Gasteiger partial charge >= 0.3 is 0 Å². The van der Waals surface area contributed by atoms with Gasteiger partial charge in [-0.3, -0.25) is 4.98 Å². The quantitative estimate of drug-likeness (QED) is 0.882. The van der Waals surface area contributed by atoms with E-state index in [4.69, 9.17) is 0 Å². The van der Waals surface area contributed by atoms with Crippen LogP contribution in [0.1, 0.15) is 44.4 Å². The highest BCUT2D eigenvalue weighted by Gasteiger charge is 2.20. The molecule has 0 spiro atoms. The van der Waals surface area contributed by atoms with Crippen LogP contribution in [0.5, 0.6) is 0 Å². The van der Waals surface area contributed by atoms with Crippen LogP contribution >= 0.6 is 0 Å². The van der Waals surface area contributed by atoms with Crippen LogP contribution in [0.4, 0.5) is 5.69 Å². The minimum Gasteiger partial charge on any atom is -0.371 e. The van der Waals surface area contributed by atoms with E-state index in [9.17, 15) is 0 Å². The van der Waals surface area contributed by atoms with E-state index in [1.165, 1.54) is 43.6 Å². The molecule has 106 valence electrons. The number of anilines is 1. The second-order valence-corrected chi connectivity index (χ2v) is 5.57. The van der Waals surface area contributed by atoms with Crippen LogP contribution in [0.3, 0.4) is 0 Å². The first-order valence-electron chi connectivity index (χ1n) is 7.65. The van der Waals surface area contributed by atoms with Gasteiger partial charge in [0.1, 0.15) is 0 Å². The molecule has 0 unspecified atom stereocenters. The van der Waals surface area contributed by atoms with Crippen molar-refractivity contribution in [2.24, 2.45) is 5.92 Å². The Balaban J connectivity index is 2.11. The highest BCUT2D eigenvalue weighted by molar-refractivity contribution is 5.54. The van der Waals surface area contributed by atoms with Gasteiger partial charge in [-0.05, 0) is 38.3 Å². The van der Waals surface area contributed by atoms with Crippen molar-refractivity contribution >= 4 is 5.69 Å². The summed E-state index contributed by atoms with van der Waals surface area (Å²) < 4.78 is 0. The number of piperidine rings is 1. The molecule has 1 aromatic heterocycles. The largest absolute Gasteiger partial charge is 0.371 e. The van der Waals surface area contributed by atoms with Gasteiger partial charge in [-0.1, -0.05) is 20.3 Å². The van der Waals surface area contributed by atoms with Gasteiger partial charge in [0.25, 0.3) is 0 Å². The average Bonchev–Trinajstić information content (AvgIpc) is 2.46. The summed E-state index contributed by atoms with van der Waals surface area (Å²) in [6, 6.07) is 2.25. The molecule has 19 heavy (non-hydrogen) atoms. The summed E-state index contributed by atoms with van der Waals surface area (Å²) in [5.41, 5.74) is 3.85. The molecule has 2 heterocycles. The van der Waals surface area contributed by atoms with Crippen molar-refractivity contribution < 1.29 is 0 Å². The third kappa shape index (κ3) is 3.69. The van der Waals surface area contributed by atoms with E-state index in [0.29, 0.717) is 0 Å². The summed E-state index contributed by atoms with van der Waals surface area (Å²) in [7, 11) is 0. The zero-order chi connectivity index (χ0) is 13.7. The maximum atomic E-state index is 4.45. The minimum atomic E-state index is 0.923. The van der Waals surface area contributed by atoms with Crippen LogP contribution in [-0.4, -0.2) is 24.6 Å². The molecule has 0 aromatic carbocycles. The molecule has 0 bridgehead atoms. The maximum Gasteiger partial charge on any atom is 0.0445 e. The summed E-state index contributed by atoms with van der Waals surface area (Å²) in [5, 5.41) is 3.42. The number of aromatic nitrogens is 1. The number of hydrogen-bond acceptors (Lipinski definition) is 3. The standard InChI is InChI=1S/C16H27N3/c1-4-14-6-8-19(9-7-14)16-10-13(3)18-12-15(16)11-17-5-2/h10,12,14,17H,4-9,11H2,1-3H3. The Hall–Kier alpha value is -1.09. The van der Waals surface area contributed by atoms with Crippen LogP contribution in [-0.2, 0) is 6.54 Å². The Morgan fingerprint density at radius 3 is 2.68 bits per heavy atom. The Kier molecular flexibility index (Phi) is 5.20. The second kappa shape index (κ2) is 6.90. The molecule has 3 nitrogen and oxygen atoms in total. The predicted molar refractivity (Wildman–Crippen MR) is 81.6 cm³/mol. The summed E-state index contributed by atoms with van der Waals surface area (Å²) in [6.07, 6.45) is 6.03. The number of rotatable bonds is 5. The van der Waals surface area contributed by atoms with E-state index in [2.05, 4.69) is 42.0 Å². The van der Waals surface area contributed by atoms with Gasteiger partial charge in [0.15, 0.2) is 0 Å². The summed E-state index contributed by atoms with van der Waals surface area (Å²) in [5.74, 6) is 0.927. The Morgan fingerprint density at radius 2 is 2.05 bits per heavy atom. The lowest BCUT2D eigenvalue weighted by molar-refractivity contribution is 0.394. The smallest absolute Gasteiger partial charge is 0.0445 e. The summed E-state index contributed by atoms with van der Waals surface area (Å²) in [6.45, 7) is 10.9. The summed E-state index contributed by atoms with van der Waals surface area (Å²) >= 11 is 0. The molecule has 3 heteroatoms. The van der Waals surface area contributed by atoms with Crippen LogP contribution in [0, 0.1) is 12.8 Å². The van der Waals surface area contributed by atoms with Crippen molar-refractivity contribution in [3.8, 4) is 0 Å². The lowest BCUT2D eigenvalue weighted by atomic mass is 9.94. The van der Waals surface area contributed by atoms with Crippen LogP contribution in [0.25, 0.3) is 0 Å². The van der Waals surface area contributed by atoms with Gasteiger partial charge in [0.05, 0.1) is 0 Å². The molecule has 0 saturated carbocycles. The zero-order valence-corrected chi connectivity index (χ0v) is 12.6. The molecule has 0 aliphatic carbocycles. The van der Waals surface area contributed by atoms with Crippen molar-refractivity contribution in [1.29, 1.82) is 0 Å². The van der Waals surface area contributed by atoms with Gasteiger partial charge in [0.2, 0.25) is 0 Å². The van der Waals surface area contributed by atoms with Crippen molar-refractivity contribution in [3.05, 3.63) is 23.5 Å². The molecule has 1 aliphatic heterocycles. The fourth-order valence-corrected chi connectivity index (χ4v) is 2.85. The molecule has 1 N–H and O–H groups in total. The lowest BCUT2D eigenvalue weighted by Gasteiger charge is -2.34. The molecule has 1 aromatic rings. The van der Waals surface area contributed by atoms with Gasteiger partial charge in [0, 0.05) is 42.8 Å². The number of aryl methyl sites for hydroxylation is 1. The van der Waals surface area contributed by atoms with E-state index < -0.39 is 0 Å². The summed E-state index contributed by atoms with van der Waals surface area (Å²) in [4.78, 5) is 7.00. The van der Waals surface area contributed by atoms with Crippen molar-refractivity contribution in [3.63, 3.8) is 0 Å². The molecule has 1 saturated heterocycles. The first-order chi connectivity index (χ1) is 9.24. The van der Waals surface area contributed by atoms with E-state index in [1.807, 2.05) is 6.20 Å². The van der Waals surface area contributed by atoms with E-state index in [-0.39, 0.29) is 0 Å². The number of nitrogens with one attached hydrogen (secondary N) is 1. The van der Waals surface area contributed by atoms with Gasteiger partial charge in [-0.15, -0.1) is 0 Å². The van der Waals surface area contributed by atoms with Gasteiger partial charge in [-0.2, -0.15) is 0 Å². The molecule has 0 radical (unpaired) electrons. The molecule has 1 fully saturated rings. The molecule has 2 rings (SSSR count). The zero-order valence-electron chi connectivity index (χ0n) is 12.6. The molecule has 1 aliphatic rings. The molecular formula is C16H27N3. The number of nitrogens with zero attached hydrogens (tertiary/aromatic N) is 2. The monoisotopic (exact) mass is 261 g/mol. The Bertz CT molecular complexity index is 395. The lowest BCUT2D eigenvalue weighted by Crippen LogP contribution is -2.34. The fraction of sp³-hybridized carbons (Fsp3) is 0.688. The highest BCUT2D eigenvalue weighted by atomic mass is 15.1. The van der Waals surface area contributed by atoms with Crippen LogP contribution in [0.15, 0.2) is 12.3 Å². The molecule has 0 atom stereocenters. The Morgan fingerprint density at radius 1 is 1.32 bits per heavy atom. The molecule has 0 amide bonds. The van der Waals surface area contributed by atoms with Crippen LogP contribution in [0.2, 0.25) is 0 Å². The fourth-order valence-electron chi connectivity index (χ4n) is 2.85. The van der Waals surface area contributed by atoms with Crippen LogP contribution < -0.4 is 10.2 Å². The highest BCUT2D eigenvalue weighted by Crippen LogP contribution is 2.27. The normalized spacial score (nSPS) is 16.9. The molecular weight excluding hydrogens is 234 g/mol. The first kappa shape index (κ1) is 14.3. The van der Waals surface area contributed by atoms with Crippen molar-refractivity contribution in [1.82, 2.24) is 10.3 Å². The van der Waals surface area contributed by atoms with Gasteiger partial charge in [-0.25, -0.2) is 0 Å². The number of hydrogen-bond donors (Lipinski definition) is 1. The number of pyridine rings is 1. The van der Waals surface area contributed by atoms with Crippen molar-refractivity contribution in [2.75, 3.05) is 24.5 Å². The van der Waals surface area contributed by atoms with E-state index in [0.717, 1.165) is 24.7 Å². The Labute approximate surface area is 117 Å². The minimum absolute atomic E-state index is 0.923. The predicted octanol–water partition coefficient (Wildman–Crippen LogP) is 3.13. The second-order valence-electron chi connectivity index (χ2n) is 5.57. The average molecular weight is 261 g/mol. The van der Waals surface area contributed by atoms with Gasteiger partial charge < -0.3 is 10.2 Å². The topological polar surface area (TPSA) is 28.2 Å². The maximum absolute atomic E-state index is 4.45. The van der Waals surface area contributed by atoms with E-state index in [1.54, 1.807) is 0 Å². The third-order valence-electron chi connectivity index (χ3n) is 4.20. The first-order valence-corrected chi connectivity index (χ1v) is 7.65. The third-order valence-corrected chi connectivity index (χ3v) is 4.20. The van der Waals surface area contributed by atoms with Crippen molar-refractivity contribution in [2.45, 2.75) is 46.6 Å².